The highest BCUT2D eigenvalue weighted by Crippen LogP contribution is 2.30. The maximum absolute atomic E-state index is 13.9. The van der Waals surface area contributed by atoms with Crippen molar-refractivity contribution in [3.8, 4) is 11.3 Å². The van der Waals surface area contributed by atoms with Crippen LogP contribution < -0.4 is 5.32 Å². The second-order valence-corrected chi connectivity index (χ2v) is 6.73. The van der Waals surface area contributed by atoms with E-state index < -0.39 is 11.4 Å². The van der Waals surface area contributed by atoms with Crippen LogP contribution in [0.3, 0.4) is 0 Å². The van der Waals surface area contributed by atoms with Gasteiger partial charge < -0.3 is 14.5 Å². The van der Waals surface area contributed by atoms with Crippen LogP contribution in [-0.2, 0) is 0 Å². The predicted molar refractivity (Wildman–Crippen MR) is 91.7 cm³/mol. The number of amides is 2. The minimum atomic E-state index is -0.739. The minimum absolute atomic E-state index is 0.277. The molecule has 6 nitrogen and oxygen atoms in total. The highest BCUT2D eigenvalue weighted by molar-refractivity contribution is 5.90. The van der Waals surface area contributed by atoms with Gasteiger partial charge in [-0.05, 0) is 45.2 Å². The van der Waals surface area contributed by atoms with E-state index in [1.54, 1.807) is 36.9 Å². The molecule has 2 heterocycles. The molecular weight excluding hydrogens is 325 g/mol. The molecule has 0 spiro atoms. The summed E-state index contributed by atoms with van der Waals surface area (Å²) in [5, 5.41) is 16.7. The largest absolute Gasteiger partial charge is 0.390 e. The lowest BCUT2D eigenvalue weighted by atomic mass is 9.98. The molecule has 3 rings (SSSR count). The van der Waals surface area contributed by atoms with Gasteiger partial charge in [0, 0.05) is 18.7 Å². The van der Waals surface area contributed by atoms with Gasteiger partial charge in [-0.25, -0.2) is 9.18 Å². The summed E-state index contributed by atoms with van der Waals surface area (Å²) < 4.78 is 19.2. The second-order valence-electron chi connectivity index (χ2n) is 6.73. The molecular formula is C18H22FN3O3. The number of urea groups is 1. The van der Waals surface area contributed by atoms with Gasteiger partial charge in [0.05, 0.1) is 11.2 Å². The first-order chi connectivity index (χ1) is 11.9. The highest BCUT2D eigenvalue weighted by atomic mass is 19.1. The van der Waals surface area contributed by atoms with E-state index in [4.69, 9.17) is 4.52 Å². The van der Waals surface area contributed by atoms with E-state index in [1.165, 1.54) is 6.07 Å². The Kier molecular flexibility index (Phi) is 4.76. The molecule has 25 heavy (non-hydrogen) atoms. The van der Waals surface area contributed by atoms with E-state index in [-0.39, 0.29) is 11.8 Å². The SMILES string of the molecule is Cc1c(NC(=O)N2CCC[C@@](C)(O)CC2)noc1-c1ccccc1F. The molecule has 0 saturated carbocycles. The first-order valence-corrected chi connectivity index (χ1v) is 8.37. The van der Waals surface area contributed by atoms with E-state index in [1.807, 2.05) is 0 Å². The lowest BCUT2D eigenvalue weighted by Gasteiger charge is -2.22. The van der Waals surface area contributed by atoms with Crippen LogP contribution in [0.1, 0.15) is 31.7 Å². The van der Waals surface area contributed by atoms with Gasteiger partial charge in [-0.1, -0.05) is 17.3 Å². The molecule has 1 aromatic heterocycles. The van der Waals surface area contributed by atoms with Crippen LogP contribution in [0, 0.1) is 12.7 Å². The maximum atomic E-state index is 13.9. The molecule has 0 radical (unpaired) electrons. The summed E-state index contributed by atoms with van der Waals surface area (Å²) in [4.78, 5) is 14.1. The molecule has 2 N–H and O–H groups in total. The fourth-order valence-electron chi connectivity index (χ4n) is 3.00. The Morgan fingerprint density at radius 2 is 2.12 bits per heavy atom. The molecule has 7 heteroatoms. The molecule has 2 amide bonds. The smallest absolute Gasteiger partial charge is 0.323 e. The summed E-state index contributed by atoms with van der Waals surface area (Å²) >= 11 is 0. The van der Waals surface area contributed by atoms with Crippen molar-refractivity contribution in [2.24, 2.45) is 0 Å². The highest BCUT2D eigenvalue weighted by Gasteiger charge is 2.28. The third-order valence-electron chi connectivity index (χ3n) is 4.62. The minimum Gasteiger partial charge on any atom is -0.390 e. The number of carbonyl (C=O) groups is 1. The number of nitrogens with zero attached hydrogens (tertiary/aromatic N) is 2. The first-order valence-electron chi connectivity index (χ1n) is 8.37. The van der Waals surface area contributed by atoms with E-state index in [0.29, 0.717) is 42.8 Å². The van der Waals surface area contributed by atoms with Gasteiger partial charge in [-0.2, -0.15) is 0 Å². The number of aliphatic hydroxyl groups is 1. The van der Waals surface area contributed by atoms with E-state index in [9.17, 15) is 14.3 Å². The van der Waals surface area contributed by atoms with Crippen molar-refractivity contribution < 1.29 is 18.8 Å². The zero-order valence-electron chi connectivity index (χ0n) is 14.4. The van der Waals surface area contributed by atoms with Crippen molar-refractivity contribution >= 4 is 11.8 Å². The van der Waals surface area contributed by atoms with Gasteiger partial charge in [0.2, 0.25) is 0 Å². The third-order valence-corrected chi connectivity index (χ3v) is 4.62. The molecule has 1 aliphatic rings. The summed E-state index contributed by atoms with van der Waals surface area (Å²) in [5.41, 5.74) is 0.135. The van der Waals surface area contributed by atoms with E-state index in [0.717, 1.165) is 6.42 Å². The Labute approximate surface area is 145 Å². The van der Waals surface area contributed by atoms with Crippen molar-refractivity contribution in [1.82, 2.24) is 10.1 Å². The number of nitrogens with one attached hydrogen (secondary N) is 1. The number of anilines is 1. The number of likely N-dealkylation sites (tertiary alicyclic amines) is 1. The standard InChI is InChI=1S/C18H22FN3O3/c1-12-15(13-6-3-4-7-14(13)19)25-21-16(12)20-17(23)22-10-5-8-18(2,24)9-11-22/h3-4,6-7,24H,5,8-11H2,1-2H3,(H,20,21,23)/t18-/m1/s1. The van der Waals surface area contributed by atoms with Crippen molar-refractivity contribution in [2.75, 3.05) is 18.4 Å². The van der Waals surface area contributed by atoms with Crippen LogP contribution in [-0.4, -0.2) is 39.9 Å². The topological polar surface area (TPSA) is 78.6 Å². The molecule has 1 aliphatic heterocycles. The van der Waals surface area contributed by atoms with Crippen molar-refractivity contribution in [1.29, 1.82) is 0 Å². The Morgan fingerprint density at radius 3 is 2.88 bits per heavy atom. The number of hydrogen-bond acceptors (Lipinski definition) is 4. The van der Waals surface area contributed by atoms with Gasteiger partial charge in [0.15, 0.2) is 11.6 Å². The summed E-state index contributed by atoms with van der Waals surface area (Å²) in [5.74, 6) is 0.167. The molecule has 1 atom stereocenters. The normalized spacial score (nSPS) is 21.0. The zero-order valence-corrected chi connectivity index (χ0v) is 14.4. The van der Waals surface area contributed by atoms with Gasteiger partial charge in [-0.15, -0.1) is 0 Å². The van der Waals surface area contributed by atoms with Crippen LogP contribution in [0.5, 0.6) is 0 Å². The summed E-state index contributed by atoms with van der Waals surface area (Å²) in [6.45, 7) is 4.55. The fraction of sp³-hybridized carbons (Fsp3) is 0.444. The number of halogens is 1. The lowest BCUT2D eigenvalue weighted by molar-refractivity contribution is 0.0458. The summed E-state index contributed by atoms with van der Waals surface area (Å²) in [6, 6.07) is 5.96. The number of carbonyl (C=O) groups excluding carboxylic acids is 1. The van der Waals surface area contributed by atoms with Gasteiger partial charge >= 0.3 is 6.03 Å². The van der Waals surface area contributed by atoms with Crippen molar-refractivity contribution in [2.45, 2.75) is 38.7 Å². The molecule has 2 aromatic rings. The average Bonchev–Trinajstić information content (AvgIpc) is 2.80. The van der Waals surface area contributed by atoms with Crippen LogP contribution in [0.4, 0.5) is 15.0 Å². The van der Waals surface area contributed by atoms with E-state index >= 15 is 0 Å². The van der Waals surface area contributed by atoms with E-state index in [2.05, 4.69) is 10.5 Å². The van der Waals surface area contributed by atoms with Crippen LogP contribution in [0.15, 0.2) is 28.8 Å². The van der Waals surface area contributed by atoms with Crippen LogP contribution in [0.25, 0.3) is 11.3 Å². The Balaban J connectivity index is 1.74. The van der Waals surface area contributed by atoms with Gasteiger partial charge in [0.1, 0.15) is 5.82 Å². The monoisotopic (exact) mass is 347 g/mol. The third kappa shape index (κ3) is 3.82. The molecule has 134 valence electrons. The fourth-order valence-corrected chi connectivity index (χ4v) is 3.00. The lowest BCUT2D eigenvalue weighted by Crippen LogP contribution is -2.36. The zero-order chi connectivity index (χ0) is 18.0. The van der Waals surface area contributed by atoms with Gasteiger partial charge in [-0.3, -0.25) is 5.32 Å². The van der Waals surface area contributed by atoms with Gasteiger partial charge in [0.25, 0.3) is 0 Å². The average molecular weight is 347 g/mol. The number of hydrogen-bond donors (Lipinski definition) is 2. The Hall–Kier alpha value is -2.41. The molecule has 1 aromatic carbocycles. The molecule has 0 unspecified atom stereocenters. The van der Waals surface area contributed by atoms with Crippen LogP contribution >= 0.6 is 0 Å². The molecule has 1 fully saturated rings. The Morgan fingerprint density at radius 1 is 1.36 bits per heavy atom. The second kappa shape index (κ2) is 6.84. The quantitative estimate of drug-likeness (QED) is 0.871. The van der Waals surface area contributed by atoms with Crippen molar-refractivity contribution in [3.63, 3.8) is 0 Å². The summed E-state index contributed by atoms with van der Waals surface area (Å²) in [7, 11) is 0. The first kappa shape index (κ1) is 17.4. The number of benzene rings is 1. The predicted octanol–water partition coefficient (Wildman–Crippen LogP) is 3.56. The van der Waals surface area contributed by atoms with Crippen LogP contribution in [0.2, 0.25) is 0 Å². The molecule has 1 saturated heterocycles. The summed E-state index contributed by atoms with van der Waals surface area (Å²) in [6.07, 6.45) is 1.93. The molecule has 0 bridgehead atoms. The maximum Gasteiger partial charge on any atom is 0.323 e. The number of rotatable bonds is 2. The van der Waals surface area contributed by atoms with Crippen molar-refractivity contribution in [3.05, 3.63) is 35.6 Å². The number of aromatic nitrogens is 1. The molecule has 0 aliphatic carbocycles. The Bertz CT molecular complexity index is 773.